The first kappa shape index (κ1) is 10.3. The number of amides is 3. The number of carbonyl (C=O) groups is 2. The summed E-state index contributed by atoms with van der Waals surface area (Å²) in [6, 6.07) is 0.436. The molecule has 5 nitrogen and oxygen atoms in total. The van der Waals surface area contributed by atoms with Gasteiger partial charge in [0.05, 0.1) is 12.1 Å². The van der Waals surface area contributed by atoms with Gasteiger partial charge < -0.3 is 15.1 Å². The molecule has 2 atom stereocenters. The molecule has 0 spiro atoms. The normalized spacial score (nSPS) is 29.7. The zero-order valence-electron chi connectivity index (χ0n) is 9.19. The lowest BCUT2D eigenvalue weighted by molar-refractivity contribution is -0.123. The van der Waals surface area contributed by atoms with Gasteiger partial charge in [0.25, 0.3) is 0 Å². The number of hydrogen-bond acceptors (Lipinski definition) is 2. The smallest absolute Gasteiger partial charge is 0.319 e. The number of likely N-dealkylation sites (tertiary alicyclic amines) is 1. The predicted octanol–water partition coefficient (Wildman–Crippen LogP) is 0.0209. The van der Waals surface area contributed by atoms with Gasteiger partial charge in [-0.3, -0.25) is 4.79 Å². The van der Waals surface area contributed by atoms with Crippen LogP contribution in [0.15, 0.2) is 0 Å². The van der Waals surface area contributed by atoms with Gasteiger partial charge in [-0.2, -0.15) is 0 Å². The molecule has 2 saturated heterocycles. The average Bonchev–Trinajstić information content (AvgIpc) is 2.59. The van der Waals surface area contributed by atoms with Crippen molar-refractivity contribution in [3.8, 4) is 0 Å². The molecule has 2 aliphatic heterocycles. The first-order valence-electron chi connectivity index (χ1n) is 5.37. The van der Waals surface area contributed by atoms with E-state index in [0.29, 0.717) is 6.42 Å². The molecule has 2 fully saturated rings. The molecular weight excluding hydrogens is 194 g/mol. The van der Waals surface area contributed by atoms with Crippen LogP contribution in [0.25, 0.3) is 0 Å². The lowest BCUT2D eigenvalue weighted by atomic mass is 9.99. The van der Waals surface area contributed by atoms with Gasteiger partial charge in [-0.15, -0.1) is 0 Å². The number of rotatable bonds is 0. The highest BCUT2D eigenvalue weighted by Crippen LogP contribution is 2.26. The molecule has 0 radical (unpaired) electrons. The van der Waals surface area contributed by atoms with E-state index in [1.807, 2.05) is 4.90 Å². The van der Waals surface area contributed by atoms with Crippen LogP contribution in [0.5, 0.6) is 0 Å². The summed E-state index contributed by atoms with van der Waals surface area (Å²) in [5.74, 6) is 0.121. The predicted molar refractivity (Wildman–Crippen MR) is 55.4 cm³/mol. The summed E-state index contributed by atoms with van der Waals surface area (Å²) in [6.45, 7) is 0.757. The lowest BCUT2D eigenvalue weighted by Gasteiger charge is -2.33. The van der Waals surface area contributed by atoms with Crippen LogP contribution in [0.1, 0.15) is 19.3 Å². The number of urea groups is 1. The van der Waals surface area contributed by atoms with Crippen LogP contribution in [0.4, 0.5) is 4.79 Å². The molecule has 3 amide bonds. The fourth-order valence-corrected chi connectivity index (χ4v) is 2.43. The molecule has 0 aromatic rings. The number of hydrogen-bond donors (Lipinski definition) is 1. The Morgan fingerprint density at radius 2 is 2.20 bits per heavy atom. The molecule has 2 aliphatic rings. The minimum atomic E-state index is 0.0543. The molecule has 0 aliphatic carbocycles. The monoisotopic (exact) mass is 211 g/mol. The Balaban J connectivity index is 2.06. The Morgan fingerprint density at radius 3 is 2.87 bits per heavy atom. The summed E-state index contributed by atoms with van der Waals surface area (Å²) >= 11 is 0. The average molecular weight is 211 g/mol. The van der Waals surface area contributed by atoms with Crippen LogP contribution in [-0.2, 0) is 4.79 Å². The standard InChI is InChI=1S/C10H17N3O2/c1-12(2)10(15)13-6-5-7-8(13)3-4-9(14)11-7/h7-8H,3-6H2,1-2H3,(H,11,14)/t7-,8+/m1/s1. The van der Waals surface area contributed by atoms with Crippen molar-refractivity contribution in [2.24, 2.45) is 0 Å². The largest absolute Gasteiger partial charge is 0.351 e. The topological polar surface area (TPSA) is 52.7 Å². The van der Waals surface area contributed by atoms with Crippen LogP contribution in [-0.4, -0.2) is 54.5 Å². The van der Waals surface area contributed by atoms with E-state index in [1.54, 1.807) is 19.0 Å². The molecule has 2 heterocycles. The van der Waals surface area contributed by atoms with Crippen LogP contribution < -0.4 is 5.32 Å². The van der Waals surface area contributed by atoms with Crippen LogP contribution in [0.2, 0.25) is 0 Å². The minimum Gasteiger partial charge on any atom is -0.351 e. The SMILES string of the molecule is CN(C)C(=O)N1CC[C@H]2NC(=O)CC[C@@H]21. The number of piperidine rings is 1. The van der Waals surface area contributed by atoms with Crippen molar-refractivity contribution in [1.29, 1.82) is 0 Å². The summed E-state index contributed by atoms with van der Waals surface area (Å²) in [5.41, 5.74) is 0. The lowest BCUT2D eigenvalue weighted by Crippen LogP contribution is -2.52. The Hall–Kier alpha value is -1.26. The van der Waals surface area contributed by atoms with E-state index in [2.05, 4.69) is 5.32 Å². The third-order valence-electron chi connectivity index (χ3n) is 3.19. The Kier molecular flexibility index (Phi) is 2.54. The highest BCUT2D eigenvalue weighted by Gasteiger charge is 2.40. The van der Waals surface area contributed by atoms with Crippen molar-refractivity contribution in [2.75, 3.05) is 20.6 Å². The van der Waals surface area contributed by atoms with Gasteiger partial charge >= 0.3 is 6.03 Å². The number of nitrogens with zero attached hydrogens (tertiary/aromatic N) is 2. The maximum atomic E-state index is 11.8. The van der Waals surface area contributed by atoms with E-state index >= 15 is 0 Å². The minimum absolute atomic E-state index is 0.0543. The van der Waals surface area contributed by atoms with Crippen molar-refractivity contribution >= 4 is 11.9 Å². The molecule has 0 aromatic carbocycles. The zero-order chi connectivity index (χ0) is 11.0. The van der Waals surface area contributed by atoms with Crippen LogP contribution >= 0.6 is 0 Å². The maximum absolute atomic E-state index is 11.8. The van der Waals surface area contributed by atoms with E-state index in [-0.39, 0.29) is 24.0 Å². The molecule has 5 heteroatoms. The summed E-state index contributed by atoms with van der Waals surface area (Å²) in [6.07, 6.45) is 2.23. The quantitative estimate of drug-likeness (QED) is 0.614. The van der Waals surface area contributed by atoms with Gasteiger partial charge in [-0.05, 0) is 12.8 Å². The van der Waals surface area contributed by atoms with E-state index in [4.69, 9.17) is 0 Å². The van der Waals surface area contributed by atoms with Crippen molar-refractivity contribution in [3.05, 3.63) is 0 Å². The van der Waals surface area contributed by atoms with Crippen molar-refractivity contribution in [2.45, 2.75) is 31.3 Å². The van der Waals surface area contributed by atoms with Gasteiger partial charge in [0.2, 0.25) is 5.91 Å². The molecule has 0 aromatic heterocycles. The van der Waals surface area contributed by atoms with Crippen LogP contribution in [0, 0.1) is 0 Å². The molecule has 0 unspecified atom stereocenters. The first-order valence-corrected chi connectivity index (χ1v) is 5.37. The molecule has 84 valence electrons. The number of fused-ring (bicyclic) bond motifs is 1. The summed E-state index contributed by atoms with van der Waals surface area (Å²) in [7, 11) is 3.52. The molecule has 15 heavy (non-hydrogen) atoms. The highest BCUT2D eigenvalue weighted by molar-refractivity contribution is 5.79. The first-order chi connectivity index (χ1) is 7.09. The molecule has 0 bridgehead atoms. The number of carbonyl (C=O) groups excluding carboxylic acids is 2. The van der Waals surface area contributed by atoms with E-state index in [0.717, 1.165) is 19.4 Å². The van der Waals surface area contributed by atoms with Gasteiger partial charge in [-0.1, -0.05) is 0 Å². The third kappa shape index (κ3) is 1.78. The summed E-state index contributed by atoms with van der Waals surface area (Å²) in [4.78, 5) is 26.5. The third-order valence-corrected chi connectivity index (χ3v) is 3.19. The van der Waals surface area contributed by atoms with Crippen LogP contribution in [0.3, 0.4) is 0 Å². The van der Waals surface area contributed by atoms with E-state index in [9.17, 15) is 9.59 Å². The maximum Gasteiger partial charge on any atom is 0.319 e. The molecular formula is C10H17N3O2. The Labute approximate surface area is 89.4 Å². The van der Waals surface area contributed by atoms with Gasteiger partial charge in [-0.25, -0.2) is 4.79 Å². The number of nitrogens with one attached hydrogen (secondary N) is 1. The van der Waals surface area contributed by atoms with Crippen molar-refractivity contribution in [3.63, 3.8) is 0 Å². The van der Waals surface area contributed by atoms with E-state index in [1.165, 1.54) is 0 Å². The van der Waals surface area contributed by atoms with Gasteiger partial charge in [0, 0.05) is 27.1 Å². The Bertz CT molecular complexity index is 290. The second-order valence-electron chi connectivity index (χ2n) is 4.44. The fraction of sp³-hybridized carbons (Fsp3) is 0.800. The fourth-order valence-electron chi connectivity index (χ4n) is 2.43. The highest BCUT2D eigenvalue weighted by atomic mass is 16.2. The zero-order valence-corrected chi connectivity index (χ0v) is 9.19. The van der Waals surface area contributed by atoms with Gasteiger partial charge in [0.15, 0.2) is 0 Å². The Morgan fingerprint density at radius 1 is 1.47 bits per heavy atom. The summed E-state index contributed by atoms with van der Waals surface area (Å²) in [5, 5.41) is 2.95. The second kappa shape index (κ2) is 3.72. The van der Waals surface area contributed by atoms with Crippen molar-refractivity contribution in [1.82, 2.24) is 15.1 Å². The van der Waals surface area contributed by atoms with Gasteiger partial charge in [0.1, 0.15) is 0 Å². The summed E-state index contributed by atoms with van der Waals surface area (Å²) < 4.78 is 0. The molecule has 0 saturated carbocycles. The molecule has 2 rings (SSSR count). The van der Waals surface area contributed by atoms with E-state index < -0.39 is 0 Å². The van der Waals surface area contributed by atoms with Crippen molar-refractivity contribution < 1.29 is 9.59 Å². The molecule has 1 N–H and O–H groups in total. The second-order valence-corrected chi connectivity index (χ2v) is 4.44.